The number of carbonyl (C=O) groups is 2. The van der Waals surface area contributed by atoms with E-state index in [-0.39, 0.29) is 27.7 Å². The first-order valence-electron chi connectivity index (χ1n) is 12.4. The molecule has 0 spiro atoms. The summed E-state index contributed by atoms with van der Waals surface area (Å²) in [5.74, 6) is -3.68. The van der Waals surface area contributed by atoms with E-state index in [0.717, 1.165) is 21.5 Å². The number of rotatable bonds is 7. The smallest absolute Gasteiger partial charge is 0.478 e. The number of ether oxygens (including phenoxy) is 1. The van der Waals surface area contributed by atoms with E-state index in [1.165, 1.54) is 24.3 Å². The normalized spacial score (nSPS) is 11.3. The van der Waals surface area contributed by atoms with Crippen LogP contribution in [-0.4, -0.2) is 42.6 Å². The van der Waals surface area contributed by atoms with Crippen molar-refractivity contribution in [2.45, 2.75) is 11.1 Å². The van der Waals surface area contributed by atoms with Crippen molar-refractivity contribution >= 4 is 55.0 Å². The molecule has 0 saturated carbocycles. The van der Waals surface area contributed by atoms with Crippen LogP contribution >= 0.6 is 0 Å². The molecule has 0 heterocycles. The zero-order valence-electron chi connectivity index (χ0n) is 22.3. The van der Waals surface area contributed by atoms with E-state index >= 15 is 0 Å². The van der Waals surface area contributed by atoms with Crippen molar-refractivity contribution in [3.8, 4) is 11.5 Å². The van der Waals surface area contributed by atoms with Gasteiger partial charge in [-0.15, -0.1) is 0 Å². The summed E-state index contributed by atoms with van der Waals surface area (Å²) in [7, 11) is -3.95. The van der Waals surface area contributed by atoms with Crippen LogP contribution in [-0.2, 0) is 14.8 Å². The first-order valence-corrected chi connectivity index (χ1v) is 13.9. The molecule has 5 rings (SSSR count). The molecule has 0 aliphatic carbocycles. The fourth-order valence-corrected chi connectivity index (χ4v) is 5.06. The van der Waals surface area contributed by atoms with Crippen LogP contribution in [0.4, 0.5) is 18.9 Å². The number of aliphatic carboxylic acids is 1. The molecule has 44 heavy (non-hydrogen) atoms. The average molecular weight is 626 g/mol. The Hall–Kier alpha value is -5.63. The van der Waals surface area contributed by atoms with Crippen molar-refractivity contribution in [2.24, 2.45) is 5.73 Å². The Labute approximate surface area is 247 Å². The molecule has 6 N–H and O–H groups in total. The molecule has 14 heteroatoms. The van der Waals surface area contributed by atoms with Crippen molar-refractivity contribution < 1.29 is 46.1 Å². The number of alkyl halides is 3. The molecule has 0 bridgehead atoms. The van der Waals surface area contributed by atoms with E-state index in [0.29, 0.717) is 11.3 Å². The third kappa shape index (κ3) is 7.41. The summed E-state index contributed by atoms with van der Waals surface area (Å²) in [6, 6.07) is 26.6. The van der Waals surface area contributed by atoms with E-state index < -0.39 is 28.1 Å². The van der Waals surface area contributed by atoms with Crippen LogP contribution in [0.1, 0.15) is 15.9 Å². The number of benzene rings is 5. The van der Waals surface area contributed by atoms with Crippen LogP contribution in [0.3, 0.4) is 0 Å². The Bertz CT molecular complexity index is 2030. The number of fused-ring (bicyclic) bond motifs is 2. The number of aromatic carboxylic acids is 1. The van der Waals surface area contributed by atoms with Gasteiger partial charge in [-0.05, 0) is 64.0 Å². The van der Waals surface area contributed by atoms with Crippen LogP contribution in [0.15, 0.2) is 102 Å². The minimum absolute atomic E-state index is 0.0223. The van der Waals surface area contributed by atoms with Crippen LogP contribution in [0.5, 0.6) is 11.5 Å². The number of nitrogens with one attached hydrogen (secondary N) is 2. The van der Waals surface area contributed by atoms with Crippen molar-refractivity contribution in [1.82, 2.24) is 0 Å². The van der Waals surface area contributed by atoms with Gasteiger partial charge >= 0.3 is 18.1 Å². The first-order chi connectivity index (χ1) is 20.6. The van der Waals surface area contributed by atoms with Gasteiger partial charge in [-0.3, -0.25) is 10.1 Å². The topological polar surface area (TPSA) is 180 Å². The third-order valence-electron chi connectivity index (χ3n) is 6.09. The summed E-state index contributed by atoms with van der Waals surface area (Å²) in [6.45, 7) is 0. The highest BCUT2D eigenvalue weighted by molar-refractivity contribution is 7.92. The molecule has 0 radical (unpaired) electrons. The molecule has 0 aliphatic heterocycles. The summed E-state index contributed by atoms with van der Waals surface area (Å²) in [5.41, 5.74) is 6.17. The van der Waals surface area contributed by atoms with Gasteiger partial charge in [0, 0.05) is 11.6 Å². The van der Waals surface area contributed by atoms with E-state index in [2.05, 4.69) is 4.72 Å². The third-order valence-corrected chi connectivity index (χ3v) is 7.47. The quantitative estimate of drug-likeness (QED) is 0.105. The molecule has 5 aromatic rings. The highest BCUT2D eigenvalue weighted by Crippen LogP contribution is 2.32. The lowest BCUT2D eigenvalue weighted by Crippen LogP contribution is -2.21. The minimum Gasteiger partial charge on any atom is -0.478 e. The molecule has 10 nitrogen and oxygen atoms in total. The zero-order chi connectivity index (χ0) is 32.2. The fraction of sp³-hybridized carbons (Fsp3) is 0.0333. The van der Waals surface area contributed by atoms with E-state index in [4.69, 9.17) is 25.8 Å². The number of nitrogens with two attached hydrogens (primary N) is 1. The molecule has 226 valence electrons. The summed E-state index contributed by atoms with van der Waals surface area (Å²) in [5, 5.41) is 27.7. The summed E-state index contributed by atoms with van der Waals surface area (Å²) in [4.78, 5) is 20.8. The second-order valence-corrected chi connectivity index (χ2v) is 10.9. The van der Waals surface area contributed by atoms with Gasteiger partial charge in [0.15, 0.2) is 0 Å². The van der Waals surface area contributed by atoms with E-state index in [1.807, 2.05) is 24.3 Å². The highest BCUT2D eigenvalue weighted by atomic mass is 32.2. The second kappa shape index (κ2) is 12.3. The number of amidine groups is 1. The largest absolute Gasteiger partial charge is 0.490 e. The lowest BCUT2D eigenvalue weighted by atomic mass is 10.1. The number of nitrogen functional groups attached to an aromatic ring is 1. The van der Waals surface area contributed by atoms with Gasteiger partial charge in [-0.1, -0.05) is 48.5 Å². The first kappa shape index (κ1) is 31.3. The molecule has 0 fully saturated rings. The van der Waals surface area contributed by atoms with Crippen molar-refractivity contribution in [1.29, 1.82) is 5.41 Å². The molecule has 0 aromatic heterocycles. The molecule has 0 unspecified atom stereocenters. The Morgan fingerprint density at radius 2 is 1.39 bits per heavy atom. The zero-order valence-corrected chi connectivity index (χ0v) is 23.1. The number of carboxylic acids is 2. The number of carboxylic acid groups (broad SMARTS) is 2. The van der Waals surface area contributed by atoms with Gasteiger partial charge in [0.1, 0.15) is 22.9 Å². The molecular formula is C30H22F3N3O7S. The van der Waals surface area contributed by atoms with Crippen molar-refractivity contribution in [3.63, 3.8) is 0 Å². The molecule has 0 atom stereocenters. The molecule has 0 amide bonds. The van der Waals surface area contributed by atoms with Crippen molar-refractivity contribution in [3.05, 3.63) is 108 Å². The SMILES string of the molecule is N=C(N)c1ccc2cc(Oc3cc(NS(=O)(=O)c4ccc5ccccc5c4)ccc3C(=O)O)ccc2c1.O=C(O)C(F)(F)F. The lowest BCUT2D eigenvalue weighted by Gasteiger charge is -2.13. The number of sulfonamides is 1. The van der Waals surface area contributed by atoms with Crippen LogP contribution < -0.4 is 15.2 Å². The maximum absolute atomic E-state index is 13.1. The highest BCUT2D eigenvalue weighted by Gasteiger charge is 2.38. The van der Waals surface area contributed by atoms with Crippen LogP contribution in [0.25, 0.3) is 21.5 Å². The van der Waals surface area contributed by atoms with Gasteiger partial charge in [0.05, 0.1) is 10.6 Å². The summed E-state index contributed by atoms with van der Waals surface area (Å²) < 4.78 is 66.3. The Morgan fingerprint density at radius 1 is 0.795 bits per heavy atom. The van der Waals surface area contributed by atoms with Crippen LogP contribution in [0, 0.1) is 5.41 Å². The maximum Gasteiger partial charge on any atom is 0.490 e. The predicted molar refractivity (Wildman–Crippen MR) is 157 cm³/mol. The van der Waals surface area contributed by atoms with Crippen molar-refractivity contribution in [2.75, 3.05) is 4.72 Å². The van der Waals surface area contributed by atoms with Gasteiger partial charge in [-0.2, -0.15) is 13.2 Å². The van der Waals surface area contributed by atoms with E-state index in [9.17, 15) is 31.5 Å². The summed E-state index contributed by atoms with van der Waals surface area (Å²) >= 11 is 0. The molecule has 0 aliphatic rings. The maximum atomic E-state index is 13.1. The second-order valence-electron chi connectivity index (χ2n) is 9.17. The number of anilines is 1. The minimum atomic E-state index is -5.08. The van der Waals surface area contributed by atoms with Gasteiger partial charge < -0.3 is 20.7 Å². The standard InChI is InChI=1S/C28H21N3O5S.C2HF3O2/c29-27(30)21-6-5-20-14-23(10-7-19(20)13-21)36-26-16-22(9-12-25(26)28(32)33)31-37(34,35)24-11-8-17-3-1-2-4-18(17)15-24;3-2(4,5)1(6)7/h1-16,31H,(H3,29,30)(H,32,33);(H,6,7). The predicted octanol–water partition coefficient (Wildman–Crippen LogP) is 6.20. The number of hydrogen-bond acceptors (Lipinski definition) is 6. The van der Waals surface area contributed by atoms with Crippen LogP contribution in [0.2, 0.25) is 0 Å². The van der Waals surface area contributed by atoms with Gasteiger partial charge in [0.2, 0.25) is 0 Å². The monoisotopic (exact) mass is 625 g/mol. The molecular weight excluding hydrogens is 603 g/mol. The average Bonchev–Trinajstić information content (AvgIpc) is 2.96. The van der Waals surface area contributed by atoms with Gasteiger partial charge in [0.25, 0.3) is 10.0 Å². The van der Waals surface area contributed by atoms with Gasteiger partial charge in [-0.25, -0.2) is 18.0 Å². The number of hydrogen-bond donors (Lipinski definition) is 5. The van der Waals surface area contributed by atoms with E-state index in [1.54, 1.807) is 48.5 Å². The fourth-order valence-electron chi connectivity index (χ4n) is 3.98. The molecule has 0 saturated heterocycles. The Balaban J connectivity index is 0.000000566. The summed E-state index contributed by atoms with van der Waals surface area (Å²) in [6.07, 6.45) is -5.08. The lowest BCUT2D eigenvalue weighted by molar-refractivity contribution is -0.192. The Kier molecular flexibility index (Phi) is 8.76. The Morgan fingerprint density at radius 3 is 2.02 bits per heavy atom. The number of halogens is 3. The molecule has 5 aromatic carbocycles.